The van der Waals surface area contributed by atoms with Crippen molar-refractivity contribution in [3.05, 3.63) is 22.2 Å². The summed E-state index contributed by atoms with van der Waals surface area (Å²) in [5.74, 6) is -0.0483. The molecule has 0 spiro atoms. The first-order chi connectivity index (χ1) is 4.34. The van der Waals surface area contributed by atoms with Crippen molar-refractivity contribution in [3.8, 4) is 0 Å². The van der Waals surface area contributed by atoms with Crippen LogP contribution >= 0.6 is 0 Å². The summed E-state index contributed by atoms with van der Waals surface area (Å²) in [5, 5.41) is 3.20. The molecule has 0 aromatic rings. The largest absolute Gasteiger partial charge is 0.294 e. The highest BCUT2D eigenvalue weighted by atomic mass is 16.1. The average Bonchev–Trinajstić information content (AvgIpc) is 2.18. The summed E-state index contributed by atoms with van der Waals surface area (Å²) < 4.78 is 0. The molecule has 0 aromatic carbocycles. The fourth-order valence-corrected chi connectivity index (χ4v) is 0.727. The third kappa shape index (κ3) is 1.09. The Bertz CT molecular complexity index is 212. The standard InChI is InChI=1S/C5H5N3O/c6-8-7-4-2-1-3-5(4)9/h2H,1,3H2. The van der Waals surface area contributed by atoms with Gasteiger partial charge in [0, 0.05) is 11.3 Å². The number of Topliss-reactive ketones (excluding diaryl/α,β-unsaturated/α-hetero) is 1. The Morgan fingerprint density at radius 3 is 3.00 bits per heavy atom. The van der Waals surface area contributed by atoms with Crippen LogP contribution in [0.3, 0.4) is 0 Å². The Morgan fingerprint density at radius 1 is 1.78 bits per heavy atom. The highest BCUT2D eigenvalue weighted by Gasteiger charge is 2.11. The summed E-state index contributed by atoms with van der Waals surface area (Å²) in [7, 11) is 0. The lowest BCUT2D eigenvalue weighted by Gasteiger charge is -1.82. The van der Waals surface area contributed by atoms with Crippen molar-refractivity contribution >= 4 is 5.78 Å². The molecule has 0 radical (unpaired) electrons. The van der Waals surface area contributed by atoms with Crippen LogP contribution in [0.4, 0.5) is 0 Å². The molecule has 1 rings (SSSR count). The number of allylic oxidation sites excluding steroid dienone is 2. The summed E-state index contributed by atoms with van der Waals surface area (Å²) >= 11 is 0. The van der Waals surface area contributed by atoms with Gasteiger partial charge in [0.1, 0.15) is 0 Å². The van der Waals surface area contributed by atoms with Crippen LogP contribution in [-0.4, -0.2) is 5.78 Å². The fourth-order valence-electron chi connectivity index (χ4n) is 0.727. The van der Waals surface area contributed by atoms with Gasteiger partial charge >= 0.3 is 0 Å². The second kappa shape index (κ2) is 2.33. The Hall–Kier alpha value is -1.28. The Labute approximate surface area is 51.8 Å². The molecular weight excluding hydrogens is 118 g/mol. The third-order valence-corrected chi connectivity index (χ3v) is 1.15. The highest BCUT2D eigenvalue weighted by Crippen LogP contribution is 2.14. The first-order valence-electron chi connectivity index (χ1n) is 2.63. The maximum atomic E-state index is 10.6. The average molecular weight is 123 g/mol. The van der Waals surface area contributed by atoms with Crippen molar-refractivity contribution in [2.45, 2.75) is 12.8 Å². The molecule has 0 unspecified atom stereocenters. The molecule has 0 atom stereocenters. The number of hydrogen-bond acceptors (Lipinski definition) is 2. The molecule has 4 heteroatoms. The zero-order valence-electron chi connectivity index (χ0n) is 4.74. The molecule has 4 nitrogen and oxygen atoms in total. The lowest BCUT2D eigenvalue weighted by atomic mass is 10.3. The van der Waals surface area contributed by atoms with Crippen molar-refractivity contribution in [3.63, 3.8) is 0 Å². The molecule has 0 saturated heterocycles. The summed E-state index contributed by atoms with van der Waals surface area (Å²) in [5.41, 5.74) is 8.19. The van der Waals surface area contributed by atoms with Gasteiger partial charge in [-0.15, -0.1) is 0 Å². The van der Waals surface area contributed by atoms with Crippen molar-refractivity contribution < 1.29 is 4.79 Å². The van der Waals surface area contributed by atoms with Crippen molar-refractivity contribution in [2.75, 3.05) is 0 Å². The summed E-state index contributed by atoms with van der Waals surface area (Å²) in [6.45, 7) is 0. The lowest BCUT2D eigenvalue weighted by molar-refractivity contribution is -0.114. The van der Waals surface area contributed by atoms with Crippen LogP contribution in [0.5, 0.6) is 0 Å². The number of hydrogen-bond donors (Lipinski definition) is 0. The van der Waals surface area contributed by atoms with Crippen LogP contribution in [0.25, 0.3) is 10.4 Å². The van der Waals surface area contributed by atoms with E-state index in [1.807, 2.05) is 0 Å². The molecule has 1 aliphatic rings. The SMILES string of the molecule is [N-]=[N+]=NC1=CCCC1=O. The first kappa shape index (κ1) is 5.85. The predicted molar refractivity (Wildman–Crippen MR) is 31.5 cm³/mol. The van der Waals surface area contributed by atoms with E-state index in [1.54, 1.807) is 6.08 Å². The molecule has 9 heavy (non-hydrogen) atoms. The minimum Gasteiger partial charge on any atom is -0.294 e. The second-order valence-electron chi connectivity index (χ2n) is 1.74. The normalized spacial score (nSPS) is 16.9. The van der Waals surface area contributed by atoms with Crippen LogP contribution < -0.4 is 0 Å². The van der Waals surface area contributed by atoms with E-state index in [4.69, 9.17) is 5.53 Å². The van der Waals surface area contributed by atoms with E-state index < -0.39 is 0 Å². The molecule has 0 fully saturated rings. The Kier molecular flexibility index (Phi) is 1.51. The minimum atomic E-state index is -0.0483. The monoisotopic (exact) mass is 123 g/mol. The molecule has 0 amide bonds. The van der Waals surface area contributed by atoms with Crippen molar-refractivity contribution in [1.82, 2.24) is 0 Å². The van der Waals surface area contributed by atoms with E-state index in [9.17, 15) is 4.79 Å². The maximum absolute atomic E-state index is 10.6. The van der Waals surface area contributed by atoms with Gasteiger partial charge < -0.3 is 0 Å². The minimum absolute atomic E-state index is 0.0483. The number of carbonyl (C=O) groups is 1. The van der Waals surface area contributed by atoms with Crippen LogP contribution in [0, 0.1) is 0 Å². The van der Waals surface area contributed by atoms with E-state index >= 15 is 0 Å². The van der Waals surface area contributed by atoms with Gasteiger partial charge in [-0.2, -0.15) is 0 Å². The molecule has 46 valence electrons. The van der Waals surface area contributed by atoms with Gasteiger partial charge in [0.05, 0.1) is 5.70 Å². The van der Waals surface area contributed by atoms with E-state index in [0.717, 1.165) is 0 Å². The topological polar surface area (TPSA) is 65.8 Å². The van der Waals surface area contributed by atoms with Crippen molar-refractivity contribution in [2.24, 2.45) is 5.11 Å². The van der Waals surface area contributed by atoms with E-state index in [2.05, 4.69) is 10.0 Å². The van der Waals surface area contributed by atoms with Crippen LogP contribution in [0.1, 0.15) is 12.8 Å². The molecule has 0 aliphatic heterocycles. The summed E-state index contributed by atoms with van der Waals surface area (Å²) in [4.78, 5) is 13.1. The number of ketones is 1. The third-order valence-electron chi connectivity index (χ3n) is 1.15. The summed E-state index contributed by atoms with van der Waals surface area (Å²) in [6, 6.07) is 0. The molecule has 1 aliphatic carbocycles. The molecular formula is C5H5N3O. The van der Waals surface area contributed by atoms with Crippen LogP contribution in [-0.2, 0) is 4.79 Å². The Morgan fingerprint density at radius 2 is 2.56 bits per heavy atom. The van der Waals surface area contributed by atoms with Gasteiger partial charge in [-0.1, -0.05) is 11.2 Å². The van der Waals surface area contributed by atoms with Crippen molar-refractivity contribution in [1.29, 1.82) is 0 Å². The van der Waals surface area contributed by atoms with E-state index in [-0.39, 0.29) is 11.5 Å². The zero-order chi connectivity index (χ0) is 6.69. The molecule has 0 bridgehead atoms. The van der Waals surface area contributed by atoms with Gasteiger partial charge in [-0.05, 0) is 12.0 Å². The zero-order valence-corrected chi connectivity index (χ0v) is 4.74. The lowest BCUT2D eigenvalue weighted by Crippen LogP contribution is -1.90. The molecule has 0 heterocycles. The summed E-state index contributed by atoms with van der Waals surface area (Å²) in [6.07, 6.45) is 2.86. The first-order valence-corrected chi connectivity index (χ1v) is 2.63. The van der Waals surface area contributed by atoms with E-state index in [1.165, 1.54) is 0 Å². The highest BCUT2D eigenvalue weighted by molar-refractivity contribution is 5.97. The fraction of sp³-hybridized carbons (Fsp3) is 0.400. The predicted octanol–water partition coefficient (Wildman–Crippen LogP) is 1.54. The van der Waals surface area contributed by atoms with Gasteiger partial charge in [0.25, 0.3) is 0 Å². The Balaban J connectivity index is 2.80. The van der Waals surface area contributed by atoms with Crippen LogP contribution in [0.2, 0.25) is 0 Å². The number of carbonyl (C=O) groups excluding carboxylic acids is 1. The van der Waals surface area contributed by atoms with Gasteiger partial charge in [0.2, 0.25) is 0 Å². The second-order valence-corrected chi connectivity index (χ2v) is 1.74. The van der Waals surface area contributed by atoms with Gasteiger partial charge in [0.15, 0.2) is 5.78 Å². The molecule has 0 saturated carbocycles. The smallest absolute Gasteiger partial charge is 0.165 e. The molecule has 0 aromatic heterocycles. The number of azide groups is 1. The van der Waals surface area contributed by atoms with Gasteiger partial charge in [-0.25, -0.2) is 0 Å². The maximum Gasteiger partial charge on any atom is 0.165 e. The van der Waals surface area contributed by atoms with Crippen LogP contribution in [0.15, 0.2) is 16.9 Å². The quantitative estimate of drug-likeness (QED) is 0.296. The number of nitrogens with zero attached hydrogens (tertiary/aromatic N) is 3. The van der Waals surface area contributed by atoms with E-state index in [0.29, 0.717) is 12.8 Å². The van der Waals surface area contributed by atoms with Gasteiger partial charge in [-0.3, -0.25) is 4.79 Å². The molecule has 0 N–H and O–H groups in total. The number of rotatable bonds is 1.